The van der Waals surface area contributed by atoms with E-state index < -0.39 is 6.10 Å². The Morgan fingerprint density at radius 3 is 2.92 bits per heavy atom. The molecule has 0 amide bonds. The monoisotopic (exact) mass is 375 g/mol. The number of imidazole rings is 1. The molecule has 1 fully saturated rings. The molecule has 4 heterocycles. The first-order valence-electron chi connectivity index (χ1n) is 8.56. The number of aliphatic hydroxyl groups is 1. The third-order valence-electron chi connectivity index (χ3n) is 4.52. The third-order valence-corrected chi connectivity index (χ3v) is 5.41. The van der Waals surface area contributed by atoms with E-state index in [4.69, 9.17) is 10.5 Å². The summed E-state index contributed by atoms with van der Waals surface area (Å²) < 4.78 is 7.19. The molecule has 0 saturated carbocycles. The number of nitrogens with one attached hydrogen (secondary N) is 1. The van der Waals surface area contributed by atoms with Gasteiger partial charge in [0.2, 0.25) is 0 Å². The van der Waals surface area contributed by atoms with E-state index in [9.17, 15) is 5.11 Å². The van der Waals surface area contributed by atoms with E-state index in [1.54, 1.807) is 23.7 Å². The Hall–Kier alpha value is -2.30. The van der Waals surface area contributed by atoms with Crippen molar-refractivity contribution in [3.8, 4) is 6.01 Å². The van der Waals surface area contributed by atoms with E-state index >= 15 is 0 Å². The lowest BCUT2D eigenvalue weighted by molar-refractivity contribution is 0.0833. The minimum Gasteiger partial charge on any atom is -0.455 e. The number of hydrogen-bond acceptors (Lipinski definition) is 9. The zero-order chi connectivity index (χ0) is 18.1. The van der Waals surface area contributed by atoms with Gasteiger partial charge in [0.25, 0.3) is 0 Å². The van der Waals surface area contributed by atoms with Crippen LogP contribution < -0.4 is 15.8 Å². The van der Waals surface area contributed by atoms with Crippen LogP contribution in [0.25, 0.3) is 5.65 Å². The lowest BCUT2D eigenvalue weighted by atomic mass is 9.91. The van der Waals surface area contributed by atoms with Gasteiger partial charge in [0, 0.05) is 11.1 Å². The molecule has 0 aliphatic carbocycles. The summed E-state index contributed by atoms with van der Waals surface area (Å²) in [5.41, 5.74) is 7.03. The Morgan fingerprint density at radius 1 is 1.38 bits per heavy atom. The minimum absolute atomic E-state index is 0.139. The minimum atomic E-state index is -0.657. The summed E-state index contributed by atoms with van der Waals surface area (Å²) in [7, 11) is 0. The highest BCUT2D eigenvalue weighted by Gasteiger charge is 2.27. The topological polar surface area (TPSA) is 123 Å². The average molecular weight is 375 g/mol. The molecule has 1 atom stereocenters. The molecule has 1 unspecified atom stereocenters. The number of piperidine rings is 1. The molecule has 138 valence electrons. The van der Waals surface area contributed by atoms with Crippen molar-refractivity contribution in [3.05, 3.63) is 28.0 Å². The van der Waals surface area contributed by atoms with Crippen molar-refractivity contribution < 1.29 is 9.84 Å². The molecule has 1 saturated heterocycles. The summed E-state index contributed by atoms with van der Waals surface area (Å²) in [5.74, 6) is 0.379. The van der Waals surface area contributed by atoms with Crippen LogP contribution in [-0.2, 0) is 6.61 Å². The molecule has 0 radical (unpaired) electrons. The molecule has 9 nitrogen and oxygen atoms in total. The fraction of sp³-hybridized carbons (Fsp3) is 0.500. The molecule has 0 aromatic carbocycles. The van der Waals surface area contributed by atoms with Crippen molar-refractivity contribution in [1.29, 1.82) is 0 Å². The second-order valence-electron chi connectivity index (χ2n) is 6.38. The fourth-order valence-electron chi connectivity index (χ4n) is 3.16. The van der Waals surface area contributed by atoms with Crippen LogP contribution in [0.4, 0.5) is 5.82 Å². The molecule has 0 spiro atoms. The lowest BCUT2D eigenvalue weighted by Gasteiger charge is -2.26. The molecule has 0 bridgehead atoms. The van der Waals surface area contributed by atoms with Crippen LogP contribution in [-0.4, -0.2) is 42.8 Å². The van der Waals surface area contributed by atoms with E-state index in [2.05, 4.69) is 25.4 Å². The number of thiazole rings is 1. The summed E-state index contributed by atoms with van der Waals surface area (Å²) in [6.45, 7) is 4.06. The van der Waals surface area contributed by atoms with E-state index in [0.29, 0.717) is 11.3 Å². The number of ether oxygens (including phenoxy) is 1. The molecule has 26 heavy (non-hydrogen) atoms. The number of fused-ring (bicyclic) bond motifs is 1. The molecular weight excluding hydrogens is 354 g/mol. The van der Waals surface area contributed by atoms with Crippen molar-refractivity contribution in [3.63, 3.8) is 0 Å². The SMILES string of the molecule is Cc1cnc(COc2nc(N)c3ncc(C(O)C4CCNCC4)n3n2)s1. The maximum atomic E-state index is 10.8. The molecule has 4 rings (SSSR count). The summed E-state index contributed by atoms with van der Waals surface area (Å²) in [6.07, 6.45) is 4.56. The Morgan fingerprint density at radius 2 is 2.19 bits per heavy atom. The van der Waals surface area contributed by atoms with Gasteiger partial charge in [0.1, 0.15) is 17.7 Å². The largest absolute Gasteiger partial charge is 0.455 e. The van der Waals surface area contributed by atoms with Gasteiger partial charge in [-0.05, 0) is 38.8 Å². The number of aromatic nitrogens is 5. The van der Waals surface area contributed by atoms with Crippen molar-refractivity contribution in [2.75, 3.05) is 18.8 Å². The van der Waals surface area contributed by atoms with Gasteiger partial charge in [0.15, 0.2) is 11.5 Å². The van der Waals surface area contributed by atoms with Gasteiger partial charge < -0.3 is 20.9 Å². The third kappa shape index (κ3) is 3.35. The Balaban J connectivity index is 1.59. The Bertz CT molecular complexity index is 903. The smallest absolute Gasteiger partial charge is 0.336 e. The van der Waals surface area contributed by atoms with Gasteiger partial charge in [-0.25, -0.2) is 14.5 Å². The second-order valence-corrected chi connectivity index (χ2v) is 7.70. The zero-order valence-electron chi connectivity index (χ0n) is 14.4. The molecular formula is C16H21N7O2S. The first-order chi connectivity index (χ1) is 12.6. The predicted molar refractivity (Wildman–Crippen MR) is 96.9 cm³/mol. The Labute approximate surface area is 154 Å². The summed E-state index contributed by atoms with van der Waals surface area (Å²) in [5, 5.41) is 19.3. The first-order valence-corrected chi connectivity index (χ1v) is 9.37. The van der Waals surface area contributed by atoms with Gasteiger partial charge in [-0.2, -0.15) is 4.98 Å². The highest BCUT2D eigenvalue weighted by atomic mass is 32.1. The van der Waals surface area contributed by atoms with Crippen LogP contribution in [0.15, 0.2) is 12.4 Å². The number of aliphatic hydroxyl groups excluding tert-OH is 1. The fourth-order valence-corrected chi connectivity index (χ4v) is 3.86. The molecule has 10 heteroatoms. The quantitative estimate of drug-likeness (QED) is 0.605. The number of aryl methyl sites for hydroxylation is 1. The van der Waals surface area contributed by atoms with Gasteiger partial charge in [-0.1, -0.05) is 0 Å². The average Bonchev–Trinajstić information content (AvgIpc) is 3.26. The lowest BCUT2D eigenvalue weighted by Crippen LogP contribution is -2.31. The molecule has 3 aromatic heterocycles. The molecule has 1 aliphatic heterocycles. The van der Waals surface area contributed by atoms with E-state index in [0.717, 1.165) is 35.8 Å². The highest BCUT2D eigenvalue weighted by molar-refractivity contribution is 7.11. The second kappa shape index (κ2) is 7.14. The van der Waals surface area contributed by atoms with E-state index in [-0.39, 0.29) is 24.4 Å². The van der Waals surface area contributed by atoms with Gasteiger partial charge in [-0.3, -0.25) is 0 Å². The molecule has 3 aromatic rings. The number of rotatable bonds is 5. The molecule has 4 N–H and O–H groups in total. The van der Waals surface area contributed by atoms with E-state index in [1.165, 1.54) is 4.52 Å². The number of nitrogens with zero attached hydrogens (tertiary/aromatic N) is 5. The number of hydrogen-bond donors (Lipinski definition) is 3. The summed E-state index contributed by atoms with van der Waals surface area (Å²) in [6, 6.07) is 0.139. The van der Waals surface area contributed by atoms with Crippen LogP contribution in [0.2, 0.25) is 0 Å². The maximum Gasteiger partial charge on any atom is 0.336 e. The van der Waals surface area contributed by atoms with Crippen molar-refractivity contribution in [1.82, 2.24) is 29.9 Å². The van der Waals surface area contributed by atoms with Crippen LogP contribution in [0.3, 0.4) is 0 Å². The summed E-state index contributed by atoms with van der Waals surface area (Å²) in [4.78, 5) is 13.8. The zero-order valence-corrected chi connectivity index (χ0v) is 15.2. The van der Waals surface area contributed by atoms with Gasteiger partial charge in [-0.15, -0.1) is 16.4 Å². The highest BCUT2D eigenvalue weighted by Crippen LogP contribution is 2.29. The van der Waals surface area contributed by atoms with Crippen molar-refractivity contribution in [2.24, 2.45) is 5.92 Å². The standard InChI is InChI=1S/C16H21N7O2S/c1-9-6-19-12(26-9)8-25-16-21-14(17)15-20-7-11(23(15)22-16)13(24)10-2-4-18-5-3-10/h6-7,10,13,18,24H,2-5,8H2,1H3,(H2,17,21,22). The van der Waals surface area contributed by atoms with E-state index in [1.807, 2.05) is 6.92 Å². The maximum absolute atomic E-state index is 10.8. The Kier molecular flexibility index (Phi) is 4.70. The summed E-state index contributed by atoms with van der Waals surface area (Å²) >= 11 is 1.56. The van der Waals surface area contributed by atoms with Gasteiger partial charge in [0.05, 0.1) is 11.9 Å². The van der Waals surface area contributed by atoms with Crippen LogP contribution in [0.1, 0.15) is 34.5 Å². The van der Waals surface area contributed by atoms with Gasteiger partial charge >= 0.3 is 6.01 Å². The number of anilines is 1. The van der Waals surface area contributed by atoms with Crippen LogP contribution in [0, 0.1) is 12.8 Å². The van der Waals surface area contributed by atoms with Crippen molar-refractivity contribution in [2.45, 2.75) is 32.5 Å². The first kappa shape index (κ1) is 17.1. The predicted octanol–water partition coefficient (Wildman–Crippen LogP) is 1.08. The van der Waals surface area contributed by atoms with Crippen LogP contribution in [0.5, 0.6) is 6.01 Å². The van der Waals surface area contributed by atoms with Crippen LogP contribution >= 0.6 is 11.3 Å². The number of nitrogens with two attached hydrogens (primary N) is 1. The normalized spacial score (nSPS) is 16.8. The molecule has 1 aliphatic rings. The number of nitrogen functional groups attached to an aromatic ring is 1. The van der Waals surface area contributed by atoms with Crippen molar-refractivity contribution >= 4 is 22.8 Å².